The molecule has 0 fully saturated rings. The van der Waals surface area contributed by atoms with Gasteiger partial charge in [-0.15, -0.1) is 0 Å². The van der Waals surface area contributed by atoms with E-state index >= 15 is 0 Å². The molecule has 0 aromatic carbocycles. The fourth-order valence-electron chi connectivity index (χ4n) is 0.267. The van der Waals surface area contributed by atoms with Gasteiger partial charge >= 0.3 is 17.5 Å². The Labute approximate surface area is 46.3 Å². The van der Waals surface area contributed by atoms with Crippen LogP contribution >= 0.6 is 0 Å². The fraction of sp³-hybridized carbons (Fsp3) is 0. The van der Waals surface area contributed by atoms with E-state index < -0.39 is 17.5 Å². The summed E-state index contributed by atoms with van der Waals surface area (Å²) in [6.45, 7) is 0. The van der Waals surface area contributed by atoms with E-state index in [0.29, 0.717) is 0 Å². The zero-order valence-electron chi connectivity index (χ0n) is 3.95. The van der Waals surface area contributed by atoms with Crippen molar-refractivity contribution in [3.8, 4) is 0 Å². The predicted octanol–water partition coefficient (Wildman–Crippen LogP) is -1.45. The lowest BCUT2D eigenvalue weighted by atomic mass is 11.3. The fourth-order valence-corrected chi connectivity index (χ4v) is 0.267. The molecule has 0 atom stereocenters. The Kier molecular flexibility index (Phi) is 1.07. The highest BCUT2D eigenvalue weighted by atomic mass is 16.7. The van der Waals surface area contributed by atoms with Crippen molar-refractivity contribution >= 4 is 0 Å². The second-order valence-electron chi connectivity index (χ2n) is 1.06. The van der Waals surface area contributed by atoms with Crippen LogP contribution in [-0.2, 0) is 0 Å². The molecule has 6 nitrogen and oxygen atoms in total. The summed E-state index contributed by atoms with van der Waals surface area (Å²) in [5.41, 5.74) is 0. The van der Waals surface area contributed by atoms with Crippen molar-refractivity contribution in [3.05, 3.63) is 31.9 Å². The quantitative estimate of drug-likeness (QED) is 0.428. The van der Waals surface area contributed by atoms with Gasteiger partial charge < -0.3 is 13.3 Å². The summed E-state index contributed by atoms with van der Waals surface area (Å²) in [5, 5.41) is 0. The summed E-state index contributed by atoms with van der Waals surface area (Å²) in [6.07, 6.45) is 0. The third-order valence-corrected chi connectivity index (χ3v) is 0.500. The van der Waals surface area contributed by atoms with E-state index in [0.717, 1.165) is 0 Å². The van der Waals surface area contributed by atoms with Gasteiger partial charge in [-0.1, -0.05) is 0 Å². The Morgan fingerprint density at radius 2 is 0.889 bits per heavy atom. The summed E-state index contributed by atoms with van der Waals surface area (Å²) >= 11 is 0. The van der Waals surface area contributed by atoms with E-state index in [1.807, 2.05) is 0 Å². The molecule has 0 aliphatic heterocycles. The minimum Gasteiger partial charge on any atom is -0.327 e. The molecule has 1 aromatic rings. The van der Waals surface area contributed by atoms with Crippen LogP contribution < -0.4 is 17.5 Å². The third-order valence-electron chi connectivity index (χ3n) is 0.500. The Bertz CT molecular complexity index is 271. The molecule has 0 aliphatic rings. The van der Waals surface area contributed by atoms with Crippen LogP contribution in [0.3, 0.4) is 0 Å². The molecular formula is C3O6. The summed E-state index contributed by atoms with van der Waals surface area (Å²) < 4.78 is 10.8. The van der Waals surface area contributed by atoms with Gasteiger partial charge in [0.25, 0.3) is 0 Å². The predicted molar refractivity (Wildman–Crippen MR) is 22.0 cm³/mol. The van der Waals surface area contributed by atoms with Crippen LogP contribution in [0.5, 0.6) is 0 Å². The molecule has 0 radical (unpaired) electrons. The van der Waals surface area contributed by atoms with Crippen LogP contribution in [0.15, 0.2) is 27.6 Å². The summed E-state index contributed by atoms with van der Waals surface area (Å²) in [5.74, 6) is -4.09. The Morgan fingerprint density at radius 3 is 1.11 bits per heavy atom. The van der Waals surface area contributed by atoms with Gasteiger partial charge in [-0.05, 0) is 0 Å². The molecule has 1 aromatic heterocycles. The normalized spacial score (nSPS) is 9.33. The van der Waals surface area contributed by atoms with Crippen molar-refractivity contribution in [2.24, 2.45) is 0 Å². The van der Waals surface area contributed by atoms with E-state index in [1.54, 1.807) is 0 Å². The molecule has 0 saturated carbocycles. The van der Waals surface area contributed by atoms with Crippen molar-refractivity contribution in [2.75, 3.05) is 0 Å². The van der Waals surface area contributed by atoms with Crippen molar-refractivity contribution in [3.63, 3.8) is 0 Å². The maximum atomic E-state index is 9.92. The van der Waals surface area contributed by atoms with E-state index in [9.17, 15) is 14.4 Å². The molecule has 1 heterocycles. The molecule has 0 bridgehead atoms. The largest absolute Gasteiger partial charge is 0.528 e. The average molecular weight is 132 g/mol. The summed E-state index contributed by atoms with van der Waals surface area (Å²) in [6, 6.07) is 0. The maximum absolute atomic E-state index is 9.92. The molecule has 1 rings (SSSR count). The first-order chi connectivity index (χ1) is 4.18. The number of rotatable bonds is 0. The second-order valence-corrected chi connectivity index (χ2v) is 1.06. The van der Waals surface area contributed by atoms with Crippen LogP contribution in [-0.4, -0.2) is 0 Å². The summed E-state index contributed by atoms with van der Waals surface area (Å²) in [7, 11) is 0. The molecule has 48 valence electrons. The Morgan fingerprint density at radius 1 is 0.667 bits per heavy atom. The minimum atomic E-state index is -1.36. The highest BCUT2D eigenvalue weighted by Crippen LogP contribution is 1.52. The van der Waals surface area contributed by atoms with Crippen molar-refractivity contribution in [1.82, 2.24) is 0 Å². The SMILES string of the molecule is O=c1oc(=O)oc(=O)o1. The molecule has 0 aliphatic carbocycles. The third kappa shape index (κ3) is 1.15. The topological polar surface area (TPSA) is 90.6 Å². The van der Waals surface area contributed by atoms with E-state index in [-0.39, 0.29) is 0 Å². The van der Waals surface area contributed by atoms with Gasteiger partial charge in [0, 0.05) is 0 Å². The van der Waals surface area contributed by atoms with E-state index in [4.69, 9.17) is 0 Å². The first kappa shape index (κ1) is 5.54. The Balaban J connectivity index is 3.72. The van der Waals surface area contributed by atoms with Gasteiger partial charge in [0.15, 0.2) is 0 Å². The standard InChI is InChI=1S/C3O6/c4-1-7-2(5)9-3(6)8-1. The van der Waals surface area contributed by atoms with Gasteiger partial charge in [-0.25, -0.2) is 14.4 Å². The van der Waals surface area contributed by atoms with Gasteiger partial charge in [-0.2, -0.15) is 0 Å². The average Bonchev–Trinajstić information content (AvgIpc) is 1.59. The zero-order chi connectivity index (χ0) is 6.85. The lowest BCUT2D eigenvalue weighted by Crippen LogP contribution is -2.17. The monoisotopic (exact) mass is 132 g/mol. The van der Waals surface area contributed by atoms with Crippen LogP contribution in [0.4, 0.5) is 0 Å². The van der Waals surface area contributed by atoms with E-state index in [1.165, 1.54) is 0 Å². The highest BCUT2D eigenvalue weighted by Gasteiger charge is 1.94. The molecular weight excluding hydrogens is 132 g/mol. The second kappa shape index (κ2) is 1.73. The minimum absolute atomic E-state index is 1.36. The first-order valence-electron chi connectivity index (χ1n) is 1.84. The first-order valence-corrected chi connectivity index (χ1v) is 1.84. The molecule has 0 saturated heterocycles. The lowest BCUT2D eigenvalue weighted by Gasteiger charge is -1.72. The van der Waals surface area contributed by atoms with Gasteiger partial charge in [0.1, 0.15) is 0 Å². The zero-order valence-corrected chi connectivity index (χ0v) is 3.95. The van der Waals surface area contributed by atoms with Crippen LogP contribution in [0.2, 0.25) is 0 Å². The van der Waals surface area contributed by atoms with Gasteiger partial charge in [-0.3, -0.25) is 0 Å². The molecule has 0 spiro atoms. The lowest BCUT2D eigenvalue weighted by molar-refractivity contribution is 0.139. The van der Waals surface area contributed by atoms with Crippen molar-refractivity contribution < 1.29 is 13.3 Å². The smallest absolute Gasteiger partial charge is 0.327 e. The molecule has 0 unspecified atom stereocenters. The summed E-state index contributed by atoms with van der Waals surface area (Å²) in [4.78, 5) is 29.8. The maximum Gasteiger partial charge on any atom is 0.528 e. The van der Waals surface area contributed by atoms with Crippen LogP contribution in [0.25, 0.3) is 0 Å². The molecule has 9 heavy (non-hydrogen) atoms. The molecule has 6 heteroatoms. The van der Waals surface area contributed by atoms with Gasteiger partial charge in [0.2, 0.25) is 0 Å². The van der Waals surface area contributed by atoms with Crippen molar-refractivity contribution in [2.45, 2.75) is 0 Å². The van der Waals surface area contributed by atoms with Crippen molar-refractivity contribution in [1.29, 1.82) is 0 Å². The van der Waals surface area contributed by atoms with Crippen LogP contribution in [0.1, 0.15) is 0 Å². The number of hydrogen-bond donors (Lipinski definition) is 0. The number of hydrogen-bond acceptors (Lipinski definition) is 6. The van der Waals surface area contributed by atoms with Gasteiger partial charge in [0.05, 0.1) is 0 Å². The molecule has 0 amide bonds. The highest BCUT2D eigenvalue weighted by molar-refractivity contribution is 4.36. The van der Waals surface area contributed by atoms with E-state index in [2.05, 4.69) is 13.3 Å². The molecule has 0 N–H and O–H groups in total. The Hall–Kier alpha value is -1.59. The van der Waals surface area contributed by atoms with Crippen LogP contribution in [0, 0.1) is 0 Å².